The van der Waals surface area contributed by atoms with E-state index in [4.69, 9.17) is 4.98 Å². The molecular weight excluding hydrogens is 462 g/mol. The quantitative estimate of drug-likeness (QED) is 0.289. The van der Waals surface area contributed by atoms with Crippen LogP contribution in [0.4, 0.5) is 16.4 Å². The number of rotatable bonds is 7. The van der Waals surface area contributed by atoms with Crippen LogP contribution in [0.1, 0.15) is 56.9 Å². The summed E-state index contributed by atoms with van der Waals surface area (Å²) < 4.78 is 1.71. The molecule has 0 unspecified atom stereocenters. The topological polar surface area (TPSA) is 165 Å². The summed E-state index contributed by atoms with van der Waals surface area (Å²) >= 11 is 0. The number of carbonyl (C=O) groups excluding carboxylic acids is 3. The summed E-state index contributed by atoms with van der Waals surface area (Å²) in [7, 11) is 0. The van der Waals surface area contributed by atoms with Gasteiger partial charge in [-0.25, -0.2) is 9.78 Å². The second-order valence-electron chi connectivity index (χ2n) is 10.1. The van der Waals surface area contributed by atoms with Crippen LogP contribution in [-0.4, -0.2) is 50.6 Å². The highest BCUT2D eigenvalue weighted by Crippen LogP contribution is 2.45. The Morgan fingerprint density at radius 2 is 1.78 bits per heavy atom. The van der Waals surface area contributed by atoms with Crippen molar-refractivity contribution in [1.29, 1.82) is 5.26 Å². The molecule has 0 aromatic carbocycles. The van der Waals surface area contributed by atoms with Crippen LogP contribution in [0.25, 0.3) is 11.7 Å². The Labute approximate surface area is 206 Å². The van der Waals surface area contributed by atoms with Gasteiger partial charge < -0.3 is 21.3 Å². The van der Waals surface area contributed by atoms with Crippen molar-refractivity contribution in [1.82, 2.24) is 30.5 Å². The predicted molar refractivity (Wildman–Crippen MR) is 129 cm³/mol. The van der Waals surface area contributed by atoms with E-state index >= 15 is 0 Å². The maximum atomic E-state index is 12.4. The molecule has 36 heavy (non-hydrogen) atoms. The van der Waals surface area contributed by atoms with Gasteiger partial charge >= 0.3 is 6.03 Å². The van der Waals surface area contributed by atoms with Gasteiger partial charge in [0, 0.05) is 29.8 Å². The Morgan fingerprint density at radius 3 is 2.42 bits per heavy atom. The Bertz CT molecular complexity index is 1320. The van der Waals surface area contributed by atoms with E-state index in [1.54, 1.807) is 16.8 Å². The molecule has 12 heteroatoms. The summed E-state index contributed by atoms with van der Waals surface area (Å²) in [5, 5.41) is 28.5. The van der Waals surface area contributed by atoms with Crippen LogP contribution >= 0.6 is 0 Å². The van der Waals surface area contributed by atoms with E-state index in [0.29, 0.717) is 35.9 Å². The molecule has 2 aromatic rings. The molecule has 0 atom stereocenters. The van der Waals surface area contributed by atoms with Gasteiger partial charge in [-0.2, -0.15) is 14.9 Å². The highest BCUT2D eigenvalue weighted by molar-refractivity contribution is 6.14. The van der Waals surface area contributed by atoms with E-state index in [1.807, 2.05) is 6.07 Å². The second kappa shape index (κ2) is 8.51. The van der Waals surface area contributed by atoms with Crippen molar-refractivity contribution in [2.45, 2.75) is 69.5 Å². The number of amides is 4. The first-order valence-corrected chi connectivity index (χ1v) is 12.4. The fourth-order valence-corrected chi connectivity index (χ4v) is 4.76. The van der Waals surface area contributed by atoms with E-state index in [9.17, 15) is 19.6 Å². The third-order valence-corrected chi connectivity index (χ3v) is 7.26. The third-order valence-electron chi connectivity index (χ3n) is 7.26. The number of fused-ring (bicyclic) bond motifs is 1. The molecule has 3 aliphatic carbocycles. The molecular formula is C24H27N9O3. The number of hydrogen-bond acceptors (Lipinski definition) is 8. The zero-order valence-electron chi connectivity index (χ0n) is 19.6. The fourth-order valence-electron chi connectivity index (χ4n) is 4.76. The molecule has 0 spiro atoms. The van der Waals surface area contributed by atoms with Gasteiger partial charge in [-0.15, -0.1) is 0 Å². The predicted octanol–water partition coefficient (Wildman–Crippen LogP) is 1.63. The first-order valence-electron chi connectivity index (χ1n) is 12.4. The minimum atomic E-state index is -0.792. The highest BCUT2D eigenvalue weighted by atomic mass is 16.2. The van der Waals surface area contributed by atoms with Crippen molar-refractivity contribution < 1.29 is 14.4 Å². The molecule has 3 saturated carbocycles. The van der Waals surface area contributed by atoms with E-state index in [2.05, 4.69) is 37.8 Å². The molecule has 186 valence electrons. The van der Waals surface area contributed by atoms with Crippen molar-refractivity contribution in [3.63, 3.8) is 0 Å². The SMILES string of the molecule is N#CC1(C(=O)N[C@H]2CC[C@H](Nc3cc(NC4CC4)n4ncc(/C=C5\NC(=O)NC5=O)c4n3)CC2)CC1. The van der Waals surface area contributed by atoms with Crippen LogP contribution in [0.15, 0.2) is 18.0 Å². The lowest BCUT2D eigenvalue weighted by Crippen LogP contribution is -2.43. The van der Waals surface area contributed by atoms with Crippen molar-refractivity contribution in [2.24, 2.45) is 5.41 Å². The Balaban J connectivity index is 1.18. The second-order valence-corrected chi connectivity index (χ2v) is 10.1. The molecule has 0 radical (unpaired) electrons. The van der Waals surface area contributed by atoms with Gasteiger partial charge in [0.15, 0.2) is 5.65 Å². The first kappa shape index (κ1) is 22.3. The average Bonchev–Trinajstić information content (AvgIpc) is 3.77. The highest BCUT2D eigenvalue weighted by Gasteiger charge is 2.51. The van der Waals surface area contributed by atoms with Gasteiger partial charge in [-0.3, -0.25) is 14.9 Å². The normalized spacial score (nSPS) is 25.7. The largest absolute Gasteiger partial charge is 0.367 e. The van der Waals surface area contributed by atoms with E-state index in [-0.39, 0.29) is 23.7 Å². The molecule has 4 aliphatic rings. The zero-order valence-corrected chi connectivity index (χ0v) is 19.6. The minimum absolute atomic E-state index is 0.0877. The molecule has 0 bridgehead atoms. The lowest BCUT2D eigenvalue weighted by Gasteiger charge is -2.30. The van der Waals surface area contributed by atoms with Crippen LogP contribution in [0.5, 0.6) is 0 Å². The molecule has 6 rings (SSSR count). The van der Waals surface area contributed by atoms with Gasteiger partial charge in [0.05, 0.1) is 12.3 Å². The van der Waals surface area contributed by atoms with Crippen LogP contribution in [0, 0.1) is 16.7 Å². The summed E-state index contributed by atoms with van der Waals surface area (Å²) in [5.41, 5.74) is 0.538. The van der Waals surface area contributed by atoms with Crippen molar-refractivity contribution in [3.8, 4) is 6.07 Å². The maximum Gasteiger partial charge on any atom is 0.326 e. The summed E-state index contributed by atoms with van der Waals surface area (Å²) in [5.74, 6) is 0.886. The first-order chi connectivity index (χ1) is 17.4. The van der Waals surface area contributed by atoms with E-state index < -0.39 is 17.4 Å². The lowest BCUT2D eigenvalue weighted by atomic mass is 9.90. The summed E-state index contributed by atoms with van der Waals surface area (Å²) in [4.78, 5) is 40.6. The molecule has 4 amide bonds. The number of nitrogens with zero attached hydrogens (tertiary/aromatic N) is 4. The van der Waals surface area contributed by atoms with Crippen LogP contribution in [-0.2, 0) is 9.59 Å². The third kappa shape index (κ3) is 4.32. The fraction of sp³-hybridized carbons (Fsp3) is 0.500. The number of hydrogen-bond donors (Lipinski definition) is 5. The number of anilines is 2. The molecule has 3 heterocycles. The van der Waals surface area contributed by atoms with Crippen molar-refractivity contribution >= 4 is 41.2 Å². The van der Waals surface area contributed by atoms with Gasteiger partial charge in [-0.05, 0) is 57.4 Å². The molecule has 4 fully saturated rings. The Kier molecular flexibility index (Phi) is 5.28. The summed E-state index contributed by atoms with van der Waals surface area (Å²) in [6.45, 7) is 0. The average molecular weight is 490 g/mol. The Hall–Kier alpha value is -4.14. The summed E-state index contributed by atoms with van der Waals surface area (Å²) in [6.07, 6.45) is 10.1. The number of nitriles is 1. The standard InChI is InChI=1S/C24H27N9O3/c25-12-24(7-8-24)22(35)29-16-5-1-14(2-6-16)27-18-10-19(28-15-3-4-15)33-20(31-18)13(11-26-33)9-17-21(34)32-23(36)30-17/h9-11,14-16,28H,1-8H2,(H,27,31)(H,29,35)(H2,30,32,34,36)/b17-9-/t14-,16-. The molecule has 1 aliphatic heterocycles. The molecule has 12 nitrogen and oxygen atoms in total. The lowest BCUT2D eigenvalue weighted by molar-refractivity contribution is -0.125. The number of carbonyl (C=O) groups is 3. The minimum Gasteiger partial charge on any atom is -0.367 e. The van der Waals surface area contributed by atoms with Gasteiger partial charge in [-0.1, -0.05) is 0 Å². The van der Waals surface area contributed by atoms with E-state index in [0.717, 1.165) is 44.3 Å². The van der Waals surface area contributed by atoms with Crippen LogP contribution in [0.2, 0.25) is 0 Å². The monoisotopic (exact) mass is 489 g/mol. The Morgan fingerprint density at radius 1 is 1.08 bits per heavy atom. The van der Waals surface area contributed by atoms with Crippen molar-refractivity contribution in [2.75, 3.05) is 10.6 Å². The number of nitrogens with one attached hydrogen (secondary N) is 5. The zero-order chi connectivity index (χ0) is 24.9. The van der Waals surface area contributed by atoms with Crippen molar-refractivity contribution in [3.05, 3.63) is 23.5 Å². The van der Waals surface area contributed by atoms with Gasteiger partial charge in [0.1, 0.15) is 22.7 Å². The molecule has 5 N–H and O–H groups in total. The van der Waals surface area contributed by atoms with Crippen LogP contribution < -0.4 is 26.6 Å². The van der Waals surface area contributed by atoms with Gasteiger partial charge in [0.2, 0.25) is 5.91 Å². The summed E-state index contributed by atoms with van der Waals surface area (Å²) in [6, 6.07) is 4.22. The van der Waals surface area contributed by atoms with Crippen LogP contribution in [0.3, 0.4) is 0 Å². The maximum absolute atomic E-state index is 12.4. The molecule has 1 saturated heterocycles. The number of aromatic nitrogens is 3. The number of urea groups is 1. The van der Waals surface area contributed by atoms with E-state index in [1.165, 1.54) is 0 Å². The number of imide groups is 1. The smallest absolute Gasteiger partial charge is 0.326 e. The van der Waals surface area contributed by atoms with Gasteiger partial charge in [0.25, 0.3) is 5.91 Å². The molecule has 2 aromatic heterocycles.